The molecule has 0 unspecified atom stereocenters. The standard InChI is InChI=1S/C14H22N2O2/c1-10-5-6-13(12(9-10)11(2)15)18-8-7-14(17)16(3)4/h5-6,9,11H,7-8,15H2,1-4H3/t11-/m1/s1. The van der Waals surface area contributed by atoms with Gasteiger partial charge in [-0.05, 0) is 19.9 Å². The molecule has 0 spiro atoms. The quantitative estimate of drug-likeness (QED) is 0.868. The van der Waals surface area contributed by atoms with Gasteiger partial charge in [0.05, 0.1) is 13.0 Å². The minimum absolute atomic E-state index is 0.0597. The van der Waals surface area contributed by atoms with Crippen LogP contribution in [0.25, 0.3) is 0 Å². The van der Waals surface area contributed by atoms with Crippen LogP contribution in [0.1, 0.15) is 30.5 Å². The van der Waals surface area contributed by atoms with Crippen molar-refractivity contribution in [3.8, 4) is 5.75 Å². The summed E-state index contributed by atoms with van der Waals surface area (Å²) in [6.45, 7) is 4.32. The van der Waals surface area contributed by atoms with Crippen molar-refractivity contribution in [3.05, 3.63) is 29.3 Å². The zero-order valence-electron chi connectivity index (χ0n) is 11.6. The third-order valence-electron chi connectivity index (χ3n) is 2.73. The van der Waals surface area contributed by atoms with Crippen molar-refractivity contribution in [2.75, 3.05) is 20.7 Å². The van der Waals surface area contributed by atoms with Crippen LogP contribution in [0.5, 0.6) is 5.75 Å². The van der Waals surface area contributed by atoms with Gasteiger partial charge in [0.25, 0.3) is 0 Å². The molecule has 0 bridgehead atoms. The van der Waals surface area contributed by atoms with Gasteiger partial charge in [0, 0.05) is 25.7 Å². The van der Waals surface area contributed by atoms with Crippen molar-refractivity contribution in [2.24, 2.45) is 5.73 Å². The lowest BCUT2D eigenvalue weighted by Crippen LogP contribution is -2.23. The molecule has 0 fully saturated rings. The van der Waals surface area contributed by atoms with Gasteiger partial charge in [-0.3, -0.25) is 4.79 Å². The summed E-state index contributed by atoms with van der Waals surface area (Å²) in [5.41, 5.74) is 8.04. The lowest BCUT2D eigenvalue weighted by molar-refractivity contribution is -0.129. The monoisotopic (exact) mass is 250 g/mol. The Morgan fingerprint density at radius 2 is 2.11 bits per heavy atom. The maximum absolute atomic E-state index is 11.4. The molecule has 100 valence electrons. The molecule has 1 aromatic rings. The zero-order valence-corrected chi connectivity index (χ0v) is 11.6. The molecule has 0 heterocycles. The highest BCUT2D eigenvalue weighted by molar-refractivity contribution is 5.75. The molecule has 4 heteroatoms. The first-order valence-corrected chi connectivity index (χ1v) is 6.11. The molecule has 1 amide bonds. The molecule has 4 nitrogen and oxygen atoms in total. The second kappa shape index (κ2) is 6.40. The fourth-order valence-electron chi connectivity index (χ4n) is 1.63. The highest BCUT2D eigenvalue weighted by Gasteiger charge is 2.10. The van der Waals surface area contributed by atoms with Gasteiger partial charge in [-0.2, -0.15) is 0 Å². The average molecular weight is 250 g/mol. The molecule has 0 aliphatic carbocycles. The van der Waals surface area contributed by atoms with Gasteiger partial charge in [0.15, 0.2) is 0 Å². The maximum Gasteiger partial charge on any atom is 0.225 e. The molecule has 0 aliphatic rings. The molecule has 0 aromatic heterocycles. The largest absolute Gasteiger partial charge is 0.493 e. The average Bonchev–Trinajstić information content (AvgIpc) is 2.30. The molecular formula is C14H22N2O2. The Hall–Kier alpha value is -1.55. The number of benzene rings is 1. The van der Waals surface area contributed by atoms with Crippen LogP contribution < -0.4 is 10.5 Å². The minimum atomic E-state index is -0.0792. The first kappa shape index (κ1) is 14.5. The molecule has 1 atom stereocenters. The summed E-state index contributed by atoms with van der Waals surface area (Å²) in [5.74, 6) is 0.826. The fourth-order valence-corrected chi connectivity index (χ4v) is 1.63. The normalized spacial score (nSPS) is 12.1. The molecule has 1 rings (SSSR count). The third kappa shape index (κ3) is 4.04. The van der Waals surface area contributed by atoms with E-state index in [4.69, 9.17) is 10.5 Å². The van der Waals surface area contributed by atoms with E-state index in [1.54, 1.807) is 19.0 Å². The highest BCUT2D eigenvalue weighted by atomic mass is 16.5. The van der Waals surface area contributed by atoms with Crippen LogP contribution in [-0.4, -0.2) is 31.5 Å². The van der Waals surface area contributed by atoms with Crippen LogP contribution in [0.4, 0.5) is 0 Å². The SMILES string of the molecule is Cc1ccc(OCCC(=O)N(C)C)c([C@@H](C)N)c1. The van der Waals surface area contributed by atoms with Crippen molar-refractivity contribution in [1.82, 2.24) is 4.90 Å². The smallest absolute Gasteiger partial charge is 0.225 e. The Kier molecular flexibility index (Phi) is 5.16. The second-order valence-electron chi connectivity index (χ2n) is 4.72. The zero-order chi connectivity index (χ0) is 13.7. The number of amides is 1. The summed E-state index contributed by atoms with van der Waals surface area (Å²) in [5, 5.41) is 0. The van der Waals surface area contributed by atoms with Gasteiger partial charge >= 0.3 is 0 Å². The summed E-state index contributed by atoms with van der Waals surface area (Å²) in [6.07, 6.45) is 0.374. The second-order valence-corrected chi connectivity index (χ2v) is 4.72. The van der Waals surface area contributed by atoms with E-state index in [2.05, 4.69) is 0 Å². The molecule has 2 N–H and O–H groups in total. The van der Waals surface area contributed by atoms with Crippen molar-refractivity contribution in [2.45, 2.75) is 26.3 Å². The van der Waals surface area contributed by atoms with E-state index in [-0.39, 0.29) is 11.9 Å². The van der Waals surface area contributed by atoms with Crippen LogP contribution in [0.2, 0.25) is 0 Å². The summed E-state index contributed by atoms with van der Waals surface area (Å²) in [7, 11) is 3.48. The Morgan fingerprint density at radius 1 is 1.44 bits per heavy atom. The number of hydrogen-bond acceptors (Lipinski definition) is 3. The molecule has 1 aromatic carbocycles. The van der Waals surface area contributed by atoms with E-state index in [0.29, 0.717) is 13.0 Å². The summed E-state index contributed by atoms with van der Waals surface area (Å²) < 4.78 is 5.65. The van der Waals surface area contributed by atoms with Gasteiger partial charge in [0.1, 0.15) is 5.75 Å². The van der Waals surface area contributed by atoms with Crippen molar-refractivity contribution >= 4 is 5.91 Å². The summed E-state index contributed by atoms with van der Waals surface area (Å²) in [6, 6.07) is 5.83. The summed E-state index contributed by atoms with van der Waals surface area (Å²) in [4.78, 5) is 13.0. The highest BCUT2D eigenvalue weighted by Crippen LogP contribution is 2.25. The number of nitrogens with two attached hydrogens (primary N) is 1. The van der Waals surface area contributed by atoms with Gasteiger partial charge < -0.3 is 15.4 Å². The number of hydrogen-bond donors (Lipinski definition) is 1. The number of aryl methyl sites for hydroxylation is 1. The number of carbonyl (C=O) groups is 1. The molecule has 0 radical (unpaired) electrons. The van der Waals surface area contributed by atoms with E-state index in [9.17, 15) is 4.79 Å². The third-order valence-corrected chi connectivity index (χ3v) is 2.73. The molecule has 0 saturated heterocycles. The van der Waals surface area contributed by atoms with Crippen molar-refractivity contribution < 1.29 is 9.53 Å². The predicted molar refractivity (Wildman–Crippen MR) is 72.6 cm³/mol. The molecule has 18 heavy (non-hydrogen) atoms. The van der Waals surface area contributed by atoms with Crippen molar-refractivity contribution in [3.63, 3.8) is 0 Å². The Morgan fingerprint density at radius 3 is 2.67 bits per heavy atom. The van der Waals surface area contributed by atoms with Gasteiger partial charge in [0.2, 0.25) is 5.91 Å². The van der Waals surface area contributed by atoms with Crippen LogP contribution in [0.15, 0.2) is 18.2 Å². The van der Waals surface area contributed by atoms with Gasteiger partial charge in [-0.15, -0.1) is 0 Å². The van der Waals surface area contributed by atoms with E-state index in [0.717, 1.165) is 16.9 Å². The number of nitrogens with zero attached hydrogens (tertiary/aromatic N) is 1. The molecule has 0 aliphatic heterocycles. The maximum atomic E-state index is 11.4. The van der Waals surface area contributed by atoms with Crippen molar-refractivity contribution in [1.29, 1.82) is 0 Å². The van der Waals surface area contributed by atoms with E-state index in [1.807, 2.05) is 32.0 Å². The first-order valence-electron chi connectivity index (χ1n) is 6.11. The fraction of sp³-hybridized carbons (Fsp3) is 0.500. The van der Waals surface area contributed by atoms with E-state index >= 15 is 0 Å². The van der Waals surface area contributed by atoms with Crippen LogP contribution in [0, 0.1) is 6.92 Å². The topological polar surface area (TPSA) is 55.6 Å². The van der Waals surface area contributed by atoms with Gasteiger partial charge in [-0.25, -0.2) is 0 Å². The summed E-state index contributed by atoms with van der Waals surface area (Å²) >= 11 is 0. The number of rotatable bonds is 5. The Bertz CT molecular complexity index is 414. The van der Waals surface area contributed by atoms with E-state index in [1.165, 1.54) is 0 Å². The number of carbonyl (C=O) groups excluding carboxylic acids is 1. The molecule has 0 saturated carbocycles. The van der Waals surface area contributed by atoms with Crippen LogP contribution in [-0.2, 0) is 4.79 Å². The predicted octanol–water partition coefficient (Wildman–Crippen LogP) is 1.87. The molecular weight excluding hydrogens is 228 g/mol. The van der Waals surface area contributed by atoms with Gasteiger partial charge in [-0.1, -0.05) is 17.7 Å². The van der Waals surface area contributed by atoms with Crippen LogP contribution >= 0.6 is 0 Å². The van der Waals surface area contributed by atoms with E-state index < -0.39 is 0 Å². The minimum Gasteiger partial charge on any atom is -0.493 e. The number of ether oxygens (including phenoxy) is 1. The first-order chi connectivity index (χ1) is 8.41. The lowest BCUT2D eigenvalue weighted by Gasteiger charge is -2.15. The lowest BCUT2D eigenvalue weighted by atomic mass is 10.1. The van der Waals surface area contributed by atoms with Crippen LogP contribution in [0.3, 0.4) is 0 Å². The Balaban J connectivity index is 2.65. The Labute approximate surface area is 109 Å².